The van der Waals surface area contributed by atoms with Crippen LogP contribution in [-0.2, 0) is 23.8 Å². The van der Waals surface area contributed by atoms with Crippen molar-refractivity contribution in [1.29, 1.82) is 0 Å². The van der Waals surface area contributed by atoms with E-state index in [0.717, 1.165) is 5.56 Å². The minimum absolute atomic E-state index is 0.0575. The van der Waals surface area contributed by atoms with Crippen molar-refractivity contribution >= 4 is 29.4 Å². The summed E-state index contributed by atoms with van der Waals surface area (Å²) in [5.41, 5.74) is 1.64. The molecule has 0 radical (unpaired) electrons. The van der Waals surface area contributed by atoms with Gasteiger partial charge in [0.25, 0.3) is 5.69 Å². The number of ether oxygens (including phenoxy) is 3. The molecule has 4 rings (SSSR count). The molecule has 0 amide bonds. The molecule has 0 spiro atoms. The summed E-state index contributed by atoms with van der Waals surface area (Å²) in [4.78, 5) is 38.5. The van der Waals surface area contributed by atoms with Crippen molar-refractivity contribution in [3.63, 3.8) is 0 Å². The third-order valence-corrected chi connectivity index (χ3v) is 5.77. The Kier molecular flexibility index (Phi) is 7.75. The number of anilines is 1. The monoisotopic (exact) mass is 500 g/mol. The molecule has 0 bridgehead atoms. The molecule has 1 aliphatic heterocycles. The van der Waals surface area contributed by atoms with Crippen LogP contribution in [0.3, 0.4) is 0 Å². The second-order valence-electron chi connectivity index (χ2n) is 7.98. The standard InChI is InChI=1S/C28H24N2O7/c1-35-27(31)24-25(28(32)36-2)29(21-11-7-4-8-12-21)23(18-13-19-9-5-3-6-10-19)37-26(24)20-14-16-22(17-15-20)30(33)34/h3-18,23,26H,1-2H3/b18-13+/t23-,26-/m0/s1. The number of nitrogens with zero attached hydrogens (tertiary/aromatic N) is 2. The van der Waals surface area contributed by atoms with Gasteiger partial charge in [-0.05, 0) is 41.5 Å². The average Bonchev–Trinajstić information content (AvgIpc) is 2.95. The molecule has 2 atom stereocenters. The number of hydrogen-bond acceptors (Lipinski definition) is 8. The highest BCUT2D eigenvalue weighted by atomic mass is 16.6. The number of hydrogen-bond donors (Lipinski definition) is 0. The van der Waals surface area contributed by atoms with Gasteiger partial charge in [-0.15, -0.1) is 0 Å². The zero-order valence-electron chi connectivity index (χ0n) is 20.1. The summed E-state index contributed by atoms with van der Waals surface area (Å²) < 4.78 is 16.6. The maximum atomic E-state index is 13.2. The lowest BCUT2D eigenvalue weighted by atomic mass is 9.96. The maximum Gasteiger partial charge on any atom is 0.355 e. The van der Waals surface area contributed by atoms with Gasteiger partial charge in [-0.1, -0.05) is 54.6 Å². The van der Waals surface area contributed by atoms with Gasteiger partial charge >= 0.3 is 11.9 Å². The molecular weight excluding hydrogens is 476 g/mol. The van der Waals surface area contributed by atoms with Crippen LogP contribution in [0.15, 0.2) is 102 Å². The number of methoxy groups -OCH3 is 2. The first kappa shape index (κ1) is 25.3. The lowest BCUT2D eigenvalue weighted by Gasteiger charge is -2.41. The van der Waals surface area contributed by atoms with Crippen molar-refractivity contribution in [3.8, 4) is 0 Å². The number of benzene rings is 3. The minimum atomic E-state index is -1.08. The molecule has 0 fully saturated rings. The van der Waals surface area contributed by atoms with Gasteiger partial charge in [0.2, 0.25) is 0 Å². The van der Waals surface area contributed by atoms with E-state index in [0.29, 0.717) is 11.3 Å². The van der Waals surface area contributed by atoms with Crippen molar-refractivity contribution in [3.05, 3.63) is 124 Å². The number of nitro groups is 1. The van der Waals surface area contributed by atoms with Crippen molar-refractivity contribution in [2.75, 3.05) is 19.1 Å². The second kappa shape index (κ2) is 11.3. The molecule has 0 unspecified atom stereocenters. The van der Waals surface area contributed by atoms with Crippen molar-refractivity contribution < 1.29 is 28.7 Å². The topological polar surface area (TPSA) is 108 Å². The van der Waals surface area contributed by atoms with E-state index in [1.165, 1.54) is 38.5 Å². The molecule has 0 saturated carbocycles. The summed E-state index contributed by atoms with van der Waals surface area (Å²) in [6, 6.07) is 24.1. The van der Waals surface area contributed by atoms with E-state index in [-0.39, 0.29) is 17.0 Å². The van der Waals surface area contributed by atoms with Crippen LogP contribution in [0.25, 0.3) is 6.08 Å². The summed E-state index contributed by atoms with van der Waals surface area (Å²) in [7, 11) is 2.42. The third kappa shape index (κ3) is 5.41. The largest absolute Gasteiger partial charge is 0.466 e. The van der Waals surface area contributed by atoms with Gasteiger partial charge in [0.1, 0.15) is 17.4 Å². The second-order valence-corrected chi connectivity index (χ2v) is 7.98. The molecule has 3 aromatic rings. The molecule has 1 heterocycles. The molecule has 1 aliphatic rings. The predicted octanol–water partition coefficient (Wildman–Crippen LogP) is 4.81. The van der Waals surface area contributed by atoms with Crippen LogP contribution < -0.4 is 4.90 Å². The highest BCUT2D eigenvalue weighted by Crippen LogP contribution is 2.41. The van der Waals surface area contributed by atoms with Gasteiger partial charge in [-0.2, -0.15) is 0 Å². The number of rotatable bonds is 7. The molecule has 0 N–H and O–H groups in total. The number of esters is 2. The SMILES string of the molecule is COC(=O)C1=C(C(=O)OC)N(c2ccccc2)[C@H](/C=C/c2ccccc2)O[C@H]1c1ccc([N+](=O)[O-])cc1. The van der Waals surface area contributed by atoms with E-state index < -0.39 is 29.2 Å². The van der Waals surface area contributed by atoms with Crippen LogP contribution in [0, 0.1) is 10.1 Å². The molecule has 37 heavy (non-hydrogen) atoms. The predicted molar refractivity (Wildman–Crippen MR) is 136 cm³/mol. The Balaban J connectivity index is 1.94. The molecule has 0 aromatic heterocycles. The van der Waals surface area contributed by atoms with Gasteiger partial charge < -0.3 is 19.1 Å². The fourth-order valence-electron chi connectivity index (χ4n) is 4.04. The molecule has 3 aromatic carbocycles. The molecule has 9 heteroatoms. The van der Waals surface area contributed by atoms with E-state index in [1.807, 2.05) is 42.5 Å². The van der Waals surface area contributed by atoms with Crippen LogP contribution in [0.1, 0.15) is 17.2 Å². The van der Waals surface area contributed by atoms with Gasteiger partial charge in [-0.3, -0.25) is 10.1 Å². The lowest BCUT2D eigenvalue weighted by molar-refractivity contribution is -0.384. The number of carbonyl (C=O) groups excluding carboxylic acids is 2. The summed E-state index contributed by atoms with van der Waals surface area (Å²) in [6.07, 6.45) is 1.67. The van der Waals surface area contributed by atoms with E-state index in [9.17, 15) is 19.7 Å². The smallest absolute Gasteiger partial charge is 0.355 e. The van der Waals surface area contributed by atoms with Crippen LogP contribution in [-0.4, -0.2) is 37.3 Å². The number of non-ortho nitro benzene ring substituents is 1. The minimum Gasteiger partial charge on any atom is -0.466 e. The Labute approximate surface area is 213 Å². The quantitative estimate of drug-likeness (QED) is 0.258. The summed E-state index contributed by atoms with van der Waals surface area (Å²) in [5, 5.41) is 11.2. The first-order valence-electron chi connectivity index (χ1n) is 11.3. The Morgan fingerprint density at radius 3 is 2.05 bits per heavy atom. The molecule has 0 aliphatic carbocycles. The van der Waals surface area contributed by atoms with Gasteiger partial charge in [-0.25, -0.2) is 9.59 Å². The number of nitro benzene ring substituents is 1. The molecule has 9 nitrogen and oxygen atoms in total. The maximum absolute atomic E-state index is 13.2. The van der Waals surface area contributed by atoms with Crippen molar-refractivity contribution in [1.82, 2.24) is 0 Å². The van der Waals surface area contributed by atoms with E-state index in [4.69, 9.17) is 14.2 Å². The highest BCUT2D eigenvalue weighted by Gasteiger charge is 2.43. The van der Waals surface area contributed by atoms with Crippen molar-refractivity contribution in [2.45, 2.75) is 12.3 Å². The fourth-order valence-corrected chi connectivity index (χ4v) is 4.04. The Bertz CT molecular complexity index is 1340. The van der Waals surface area contributed by atoms with Gasteiger partial charge in [0.15, 0.2) is 6.23 Å². The molecule has 0 saturated heterocycles. The lowest BCUT2D eigenvalue weighted by Crippen LogP contribution is -2.46. The Morgan fingerprint density at radius 2 is 1.49 bits per heavy atom. The summed E-state index contributed by atoms with van der Waals surface area (Å²) in [6.45, 7) is 0. The van der Waals surface area contributed by atoms with E-state index in [1.54, 1.807) is 35.2 Å². The first-order chi connectivity index (χ1) is 17.9. The molecular formula is C28H24N2O7. The highest BCUT2D eigenvalue weighted by molar-refractivity contribution is 6.04. The van der Waals surface area contributed by atoms with Crippen LogP contribution >= 0.6 is 0 Å². The summed E-state index contributed by atoms with van der Waals surface area (Å²) >= 11 is 0. The molecule has 188 valence electrons. The zero-order valence-corrected chi connectivity index (χ0v) is 20.1. The number of carbonyl (C=O) groups is 2. The van der Waals surface area contributed by atoms with Crippen molar-refractivity contribution in [2.24, 2.45) is 0 Å². The van der Waals surface area contributed by atoms with E-state index >= 15 is 0 Å². The van der Waals surface area contributed by atoms with E-state index in [2.05, 4.69) is 0 Å². The van der Waals surface area contributed by atoms with Crippen LogP contribution in [0.2, 0.25) is 0 Å². The van der Waals surface area contributed by atoms with Gasteiger partial charge in [0.05, 0.1) is 19.1 Å². The van der Waals surface area contributed by atoms with Crippen LogP contribution in [0.4, 0.5) is 11.4 Å². The summed E-state index contributed by atoms with van der Waals surface area (Å²) in [5.74, 6) is -1.56. The first-order valence-corrected chi connectivity index (χ1v) is 11.3. The Hall–Kier alpha value is -4.76. The fraction of sp³-hybridized carbons (Fsp3) is 0.143. The number of para-hydroxylation sites is 1. The van der Waals surface area contributed by atoms with Crippen LogP contribution in [0.5, 0.6) is 0 Å². The van der Waals surface area contributed by atoms with Gasteiger partial charge in [0, 0.05) is 17.8 Å². The average molecular weight is 501 g/mol. The Morgan fingerprint density at radius 1 is 0.892 bits per heavy atom. The third-order valence-electron chi connectivity index (χ3n) is 5.77. The zero-order chi connectivity index (χ0) is 26.4. The normalized spacial score (nSPS) is 17.5.